The zero-order valence-corrected chi connectivity index (χ0v) is 7.33. The number of allylic oxidation sites excluding steroid dienone is 2. The molecule has 0 saturated carbocycles. The molecule has 0 radical (unpaired) electrons. The Labute approximate surface area is 80.5 Å². The van der Waals surface area contributed by atoms with E-state index in [1.807, 2.05) is 0 Å². The van der Waals surface area contributed by atoms with Crippen molar-refractivity contribution in [3.05, 3.63) is 24.3 Å². The minimum Gasteiger partial charge on any atom is -0.481 e. The fourth-order valence-electron chi connectivity index (χ4n) is 2.22. The number of carbonyl (C=O) groups is 2. The van der Waals surface area contributed by atoms with Crippen LogP contribution in [0.5, 0.6) is 0 Å². The summed E-state index contributed by atoms with van der Waals surface area (Å²) in [6, 6.07) is 0. The minimum atomic E-state index is -0.885. The first-order chi connectivity index (χ1) is 6.61. The molecule has 0 saturated heterocycles. The first-order valence-corrected chi connectivity index (χ1v) is 4.43. The van der Waals surface area contributed by atoms with Gasteiger partial charge in [-0.25, -0.2) is 0 Å². The van der Waals surface area contributed by atoms with Gasteiger partial charge in [-0.15, -0.1) is 0 Å². The van der Waals surface area contributed by atoms with Crippen molar-refractivity contribution in [2.45, 2.75) is 0 Å². The highest BCUT2D eigenvalue weighted by atomic mass is 16.4. The lowest BCUT2D eigenvalue weighted by atomic mass is 9.87. The van der Waals surface area contributed by atoms with E-state index in [1.165, 1.54) is 0 Å². The first kappa shape index (κ1) is 8.99. The number of aliphatic carboxylic acids is 2. The van der Waals surface area contributed by atoms with Gasteiger partial charge in [-0.3, -0.25) is 9.59 Å². The van der Waals surface area contributed by atoms with Crippen LogP contribution in [0.4, 0.5) is 0 Å². The fourth-order valence-corrected chi connectivity index (χ4v) is 2.22. The van der Waals surface area contributed by atoms with Crippen molar-refractivity contribution in [3.63, 3.8) is 0 Å². The van der Waals surface area contributed by atoms with Crippen LogP contribution in [-0.4, -0.2) is 22.2 Å². The maximum Gasteiger partial charge on any atom is 0.310 e. The topological polar surface area (TPSA) is 74.6 Å². The van der Waals surface area contributed by atoms with Crippen LogP contribution in [0.15, 0.2) is 24.3 Å². The number of fused-ring (bicyclic) bond motifs is 1. The molecule has 0 fully saturated rings. The predicted molar refractivity (Wildman–Crippen MR) is 47.5 cm³/mol. The second-order valence-corrected chi connectivity index (χ2v) is 3.65. The van der Waals surface area contributed by atoms with Crippen molar-refractivity contribution in [1.82, 2.24) is 0 Å². The molecule has 0 aromatic heterocycles. The summed E-state index contributed by atoms with van der Waals surface area (Å²) in [7, 11) is 0. The minimum absolute atomic E-state index is 0.173. The van der Waals surface area contributed by atoms with Gasteiger partial charge in [0.2, 0.25) is 0 Å². The Hall–Kier alpha value is -1.58. The highest BCUT2D eigenvalue weighted by Gasteiger charge is 2.43. The van der Waals surface area contributed by atoms with Gasteiger partial charge in [0.05, 0.1) is 11.8 Å². The van der Waals surface area contributed by atoms with Gasteiger partial charge in [0.15, 0.2) is 0 Å². The molecule has 4 atom stereocenters. The summed E-state index contributed by atoms with van der Waals surface area (Å²) < 4.78 is 0. The van der Waals surface area contributed by atoms with E-state index in [4.69, 9.17) is 10.2 Å². The Morgan fingerprint density at radius 1 is 0.786 bits per heavy atom. The van der Waals surface area contributed by atoms with Crippen molar-refractivity contribution in [2.75, 3.05) is 0 Å². The summed E-state index contributed by atoms with van der Waals surface area (Å²) in [5, 5.41) is 17.7. The van der Waals surface area contributed by atoms with Crippen LogP contribution in [0.2, 0.25) is 0 Å². The summed E-state index contributed by atoms with van der Waals surface area (Å²) in [5.74, 6) is -3.22. The van der Waals surface area contributed by atoms with Gasteiger partial charge in [0.1, 0.15) is 0 Å². The van der Waals surface area contributed by atoms with Gasteiger partial charge >= 0.3 is 11.9 Å². The van der Waals surface area contributed by atoms with E-state index in [-0.39, 0.29) is 11.8 Å². The van der Waals surface area contributed by atoms with Crippen LogP contribution < -0.4 is 0 Å². The molecule has 0 amide bonds. The molecular weight excluding hydrogens is 184 g/mol. The molecule has 2 rings (SSSR count). The van der Waals surface area contributed by atoms with E-state index in [9.17, 15) is 9.59 Å². The number of hydrogen-bond donors (Lipinski definition) is 2. The van der Waals surface area contributed by atoms with Gasteiger partial charge < -0.3 is 10.2 Å². The third kappa shape index (κ3) is 1.14. The van der Waals surface area contributed by atoms with Crippen molar-refractivity contribution >= 4 is 11.9 Å². The van der Waals surface area contributed by atoms with Crippen LogP contribution in [0.1, 0.15) is 0 Å². The first-order valence-electron chi connectivity index (χ1n) is 4.43. The lowest BCUT2D eigenvalue weighted by Gasteiger charge is -2.16. The van der Waals surface area contributed by atoms with Crippen LogP contribution >= 0.6 is 0 Å². The molecule has 4 unspecified atom stereocenters. The lowest BCUT2D eigenvalue weighted by molar-refractivity contribution is -0.144. The molecule has 14 heavy (non-hydrogen) atoms. The summed E-state index contributed by atoms with van der Waals surface area (Å²) in [5.41, 5.74) is 0. The summed E-state index contributed by atoms with van der Waals surface area (Å²) >= 11 is 0. The summed E-state index contributed by atoms with van der Waals surface area (Å²) in [6.07, 6.45) is 6.61. The number of hydrogen-bond acceptors (Lipinski definition) is 2. The van der Waals surface area contributed by atoms with E-state index < -0.39 is 23.8 Å². The molecule has 0 aliphatic heterocycles. The fraction of sp³-hybridized carbons (Fsp3) is 0.400. The second-order valence-electron chi connectivity index (χ2n) is 3.65. The van der Waals surface area contributed by atoms with E-state index in [2.05, 4.69) is 0 Å². The number of carboxylic acid groups (broad SMARTS) is 2. The van der Waals surface area contributed by atoms with Crippen LogP contribution in [0.25, 0.3) is 0 Å². The largest absolute Gasteiger partial charge is 0.481 e. The SMILES string of the molecule is O=C(O)C1C=CC2C(C(=O)O)C=CC12. The van der Waals surface area contributed by atoms with E-state index in [1.54, 1.807) is 24.3 Å². The molecule has 0 aromatic carbocycles. The summed E-state index contributed by atoms with van der Waals surface area (Å²) in [4.78, 5) is 21.6. The van der Waals surface area contributed by atoms with Crippen LogP contribution in [0, 0.1) is 23.7 Å². The van der Waals surface area contributed by atoms with E-state index >= 15 is 0 Å². The molecule has 0 heterocycles. The van der Waals surface area contributed by atoms with E-state index in [0.29, 0.717) is 0 Å². The van der Waals surface area contributed by atoms with Gasteiger partial charge in [0, 0.05) is 11.8 Å². The zero-order valence-electron chi connectivity index (χ0n) is 7.33. The average molecular weight is 194 g/mol. The van der Waals surface area contributed by atoms with Gasteiger partial charge in [-0.05, 0) is 0 Å². The highest BCUT2D eigenvalue weighted by Crippen LogP contribution is 2.42. The molecule has 4 nitrogen and oxygen atoms in total. The summed E-state index contributed by atoms with van der Waals surface area (Å²) in [6.45, 7) is 0. The molecule has 2 aliphatic rings. The van der Waals surface area contributed by atoms with E-state index in [0.717, 1.165) is 0 Å². The Balaban J connectivity index is 2.20. The van der Waals surface area contributed by atoms with Gasteiger partial charge in [-0.2, -0.15) is 0 Å². The molecule has 4 heteroatoms. The highest BCUT2D eigenvalue weighted by molar-refractivity contribution is 5.77. The Morgan fingerprint density at radius 2 is 1.14 bits per heavy atom. The maximum atomic E-state index is 10.8. The van der Waals surface area contributed by atoms with Crippen LogP contribution in [0.3, 0.4) is 0 Å². The standard InChI is InChI=1S/C10H10O4/c11-9(12)7-3-1-5-6(7)2-4-8(5)10(13)14/h1-8H,(H,11,12)(H,13,14). The third-order valence-corrected chi connectivity index (χ3v) is 2.93. The van der Waals surface area contributed by atoms with Crippen molar-refractivity contribution in [1.29, 1.82) is 0 Å². The number of rotatable bonds is 2. The van der Waals surface area contributed by atoms with Crippen LogP contribution in [-0.2, 0) is 9.59 Å². The van der Waals surface area contributed by atoms with Gasteiger partial charge in [0.25, 0.3) is 0 Å². The Morgan fingerprint density at radius 3 is 1.43 bits per heavy atom. The van der Waals surface area contributed by atoms with Gasteiger partial charge in [-0.1, -0.05) is 24.3 Å². The van der Waals surface area contributed by atoms with Crippen molar-refractivity contribution < 1.29 is 19.8 Å². The monoisotopic (exact) mass is 194 g/mol. The molecule has 0 aromatic rings. The Bertz CT molecular complexity index is 308. The maximum absolute atomic E-state index is 10.8. The zero-order chi connectivity index (χ0) is 10.3. The number of carboxylic acids is 2. The quantitative estimate of drug-likeness (QED) is 0.636. The normalized spacial score (nSPS) is 38.6. The molecule has 0 spiro atoms. The average Bonchev–Trinajstić information content (AvgIpc) is 2.59. The molecule has 2 N–H and O–H groups in total. The molecule has 74 valence electrons. The third-order valence-electron chi connectivity index (χ3n) is 2.93. The molecule has 0 bridgehead atoms. The second kappa shape index (κ2) is 2.97. The molecule has 2 aliphatic carbocycles. The smallest absolute Gasteiger partial charge is 0.310 e. The van der Waals surface area contributed by atoms with Crippen molar-refractivity contribution in [2.24, 2.45) is 23.7 Å². The Kier molecular flexibility index (Phi) is 1.91. The van der Waals surface area contributed by atoms with Crippen molar-refractivity contribution in [3.8, 4) is 0 Å². The molecular formula is C10H10O4. The predicted octanol–water partition coefficient (Wildman–Crippen LogP) is 0.760. The lowest BCUT2D eigenvalue weighted by Crippen LogP contribution is -2.24.